The van der Waals surface area contributed by atoms with E-state index in [9.17, 15) is 0 Å². The molecule has 2 heteroatoms. The van der Waals surface area contributed by atoms with Crippen LogP contribution >= 0.6 is 0 Å². The van der Waals surface area contributed by atoms with Crippen molar-refractivity contribution in [3.8, 4) is 0 Å². The summed E-state index contributed by atoms with van der Waals surface area (Å²) >= 11 is 0. The highest BCUT2D eigenvalue weighted by Gasteiger charge is 2.40. The zero-order valence-corrected chi connectivity index (χ0v) is 10.3. The minimum absolute atomic E-state index is 0.909. The van der Waals surface area contributed by atoms with Crippen LogP contribution in [0, 0.1) is 5.92 Å². The van der Waals surface area contributed by atoms with Crippen LogP contribution in [0.2, 0.25) is 0 Å². The maximum Gasteiger partial charge on any atom is 0.0139 e. The zero-order chi connectivity index (χ0) is 10.7. The molecule has 2 fully saturated rings. The summed E-state index contributed by atoms with van der Waals surface area (Å²) in [4.78, 5) is 2.77. The van der Waals surface area contributed by atoms with Gasteiger partial charge in [0.05, 0.1) is 0 Å². The van der Waals surface area contributed by atoms with E-state index < -0.39 is 0 Å². The third kappa shape index (κ3) is 2.73. The molecule has 1 N–H and O–H groups in total. The summed E-state index contributed by atoms with van der Waals surface area (Å²) in [6.45, 7) is 8.28. The highest BCUT2D eigenvalue weighted by atomic mass is 15.2. The quantitative estimate of drug-likeness (QED) is 0.648. The van der Waals surface area contributed by atoms with Crippen molar-refractivity contribution in [3.05, 3.63) is 0 Å². The monoisotopic (exact) mass is 210 g/mol. The molecule has 2 aliphatic rings. The molecule has 0 spiro atoms. The summed E-state index contributed by atoms with van der Waals surface area (Å²) in [6.07, 6.45) is 7.07. The van der Waals surface area contributed by atoms with Crippen molar-refractivity contribution in [2.75, 3.05) is 19.6 Å². The lowest BCUT2D eigenvalue weighted by molar-refractivity contribution is 0.0596. The van der Waals surface area contributed by atoms with Crippen LogP contribution < -0.4 is 5.32 Å². The van der Waals surface area contributed by atoms with E-state index in [0.717, 1.165) is 18.0 Å². The van der Waals surface area contributed by atoms with E-state index in [0.29, 0.717) is 0 Å². The van der Waals surface area contributed by atoms with E-state index >= 15 is 0 Å². The molecule has 2 saturated carbocycles. The van der Waals surface area contributed by atoms with Crippen LogP contribution in [0.5, 0.6) is 0 Å². The Morgan fingerprint density at radius 3 is 2.40 bits per heavy atom. The lowest BCUT2D eigenvalue weighted by Gasteiger charge is -2.44. The summed E-state index contributed by atoms with van der Waals surface area (Å²) in [5.74, 6) is 0.942. The van der Waals surface area contributed by atoms with Crippen LogP contribution in [0.4, 0.5) is 0 Å². The standard InChI is InChI=1S/C13H26N2/c1-3-9-14-10-11-5-8-13(11)15(4-2)12-6-7-12/h11-14H,3-10H2,1-2H3. The Morgan fingerprint density at radius 1 is 1.13 bits per heavy atom. The lowest BCUT2D eigenvalue weighted by Crippen LogP contribution is -2.51. The predicted octanol–water partition coefficient (Wildman–Crippen LogP) is 2.25. The number of rotatable bonds is 7. The molecule has 2 nitrogen and oxygen atoms in total. The van der Waals surface area contributed by atoms with Crippen molar-refractivity contribution < 1.29 is 0 Å². The second-order valence-corrected chi connectivity index (χ2v) is 5.17. The average Bonchev–Trinajstić information content (AvgIpc) is 3.02. The zero-order valence-electron chi connectivity index (χ0n) is 10.3. The van der Waals surface area contributed by atoms with E-state index in [-0.39, 0.29) is 0 Å². The molecule has 2 rings (SSSR count). The minimum atomic E-state index is 0.909. The minimum Gasteiger partial charge on any atom is -0.316 e. The van der Waals surface area contributed by atoms with Crippen molar-refractivity contribution >= 4 is 0 Å². The fraction of sp³-hybridized carbons (Fsp3) is 1.00. The van der Waals surface area contributed by atoms with Gasteiger partial charge >= 0.3 is 0 Å². The average molecular weight is 210 g/mol. The van der Waals surface area contributed by atoms with E-state index in [2.05, 4.69) is 24.1 Å². The summed E-state index contributed by atoms with van der Waals surface area (Å²) in [5, 5.41) is 3.58. The van der Waals surface area contributed by atoms with Gasteiger partial charge in [0.2, 0.25) is 0 Å². The van der Waals surface area contributed by atoms with Crippen LogP contribution in [0.25, 0.3) is 0 Å². The van der Waals surface area contributed by atoms with Crippen molar-refractivity contribution in [1.82, 2.24) is 10.2 Å². The summed E-state index contributed by atoms with van der Waals surface area (Å²) in [5.41, 5.74) is 0. The number of hydrogen-bond acceptors (Lipinski definition) is 2. The molecule has 0 aromatic heterocycles. The van der Waals surface area contributed by atoms with E-state index in [4.69, 9.17) is 0 Å². The van der Waals surface area contributed by atoms with Gasteiger partial charge in [-0.05, 0) is 57.7 Å². The second-order valence-electron chi connectivity index (χ2n) is 5.17. The Hall–Kier alpha value is -0.0800. The van der Waals surface area contributed by atoms with Crippen LogP contribution in [0.15, 0.2) is 0 Å². The van der Waals surface area contributed by atoms with Crippen LogP contribution in [-0.4, -0.2) is 36.6 Å². The molecule has 0 aliphatic heterocycles. The van der Waals surface area contributed by atoms with Crippen molar-refractivity contribution in [3.63, 3.8) is 0 Å². The first kappa shape index (κ1) is 11.4. The van der Waals surface area contributed by atoms with Crippen LogP contribution in [0.3, 0.4) is 0 Å². The summed E-state index contributed by atoms with van der Waals surface area (Å²) in [6, 6.07) is 1.86. The molecule has 0 saturated heterocycles. The summed E-state index contributed by atoms with van der Waals surface area (Å²) in [7, 11) is 0. The normalized spacial score (nSPS) is 30.6. The topological polar surface area (TPSA) is 15.3 Å². The summed E-state index contributed by atoms with van der Waals surface area (Å²) < 4.78 is 0. The van der Waals surface area contributed by atoms with Crippen LogP contribution in [0.1, 0.15) is 46.0 Å². The highest BCUT2D eigenvalue weighted by molar-refractivity contribution is 4.96. The molecule has 2 unspecified atom stereocenters. The molecule has 0 bridgehead atoms. The first-order valence-corrected chi connectivity index (χ1v) is 6.83. The van der Waals surface area contributed by atoms with Gasteiger partial charge in [-0.1, -0.05) is 13.8 Å². The van der Waals surface area contributed by atoms with Crippen molar-refractivity contribution in [1.29, 1.82) is 0 Å². The lowest BCUT2D eigenvalue weighted by atomic mass is 9.78. The SMILES string of the molecule is CCCNCC1CCC1N(CC)C1CC1. The Balaban J connectivity index is 1.72. The highest BCUT2D eigenvalue weighted by Crippen LogP contribution is 2.38. The molecule has 2 aliphatic carbocycles. The van der Waals surface area contributed by atoms with Crippen molar-refractivity contribution in [2.24, 2.45) is 5.92 Å². The van der Waals surface area contributed by atoms with Gasteiger partial charge < -0.3 is 5.32 Å². The van der Waals surface area contributed by atoms with Gasteiger partial charge in [0, 0.05) is 12.1 Å². The molecule has 0 amide bonds. The largest absolute Gasteiger partial charge is 0.316 e. The maximum atomic E-state index is 3.58. The first-order valence-electron chi connectivity index (χ1n) is 6.83. The van der Waals surface area contributed by atoms with E-state index in [1.165, 1.54) is 51.7 Å². The molecule has 0 radical (unpaired) electrons. The Morgan fingerprint density at radius 2 is 1.93 bits per heavy atom. The van der Waals surface area contributed by atoms with Crippen LogP contribution in [-0.2, 0) is 0 Å². The van der Waals surface area contributed by atoms with Crippen molar-refractivity contribution in [2.45, 2.75) is 58.0 Å². The Bertz CT molecular complexity index is 189. The van der Waals surface area contributed by atoms with Gasteiger partial charge in [-0.2, -0.15) is 0 Å². The third-order valence-electron chi connectivity index (χ3n) is 4.02. The van der Waals surface area contributed by atoms with Gasteiger partial charge in [0.15, 0.2) is 0 Å². The fourth-order valence-electron chi connectivity index (χ4n) is 2.86. The van der Waals surface area contributed by atoms with E-state index in [1.807, 2.05) is 0 Å². The molecule has 2 atom stereocenters. The molecule has 0 aromatic rings. The number of nitrogens with zero attached hydrogens (tertiary/aromatic N) is 1. The Kier molecular flexibility index (Phi) is 4.04. The molecule has 0 aromatic carbocycles. The maximum absolute atomic E-state index is 3.58. The van der Waals surface area contributed by atoms with E-state index in [1.54, 1.807) is 0 Å². The number of nitrogens with one attached hydrogen (secondary N) is 1. The molecule has 0 heterocycles. The predicted molar refractivity (Wildman–Crippen MR) is 65.1 cm³/mol. The molecular formula is C13H26N2. The molecule has 15 heavy (non-hydrogen) atoms. The smallest absolute Gasteiger partial charge is 0.0139 e. The Labute approximate surface area is 94.4 Å². The first-order chi connectivity index (χ1) is 7.36. The van der Waals surface area contributed by atoms with Gasteiger partial charge in [-0.3, -0.25) is 4.90 Å². The molecule has 88 valence electrons. The van der Waals surface area contributed by atoms with Gasteiger partial charge in [0.1, 0.15) is 0 Å². The van der Waals surface area contributed by atoms with Gasteiger partial charge in [0.25, 0.3) is 0 Å². The number of hydrogen-bond donors (Lipinski definition) is 1. The van der Waals surface area contributed by atoms with Gasteiger partial charge in [-0.25, -0.2) is 0 Å². The van der Waals surface area contributed by atoms with Gasteiger partial charge in [-0.15, -0.1) is 0 Å². The molecular weight excluding hydrogens is 184 g/mol. The second kappa shape index (κ2) is 5.31. The third-order valence-corrected chi connectivity index (χ3v) is 4.02. The fourth-order valence-corrected chi connectivity index (χ4v) is 2.86.